The van der Waals surface area contributed by atoms with Crippen LogP contribution in [0.2, 0.25) is 0 Å². The summed E-state index contributed by atoms with van der Waals surface area (Å²) in [5.74, 6) is 1.13. The maximum absolute atomic E-state index is 12.1. The topological polar surface area (TPSA) is 86.5 Å². The highest BCUT2D eigenvalue weighted by Crippen LogP contribution is 2.27. The van der Waals surface area contributed by atoms with Crippen LogP contribution in [-0.4, -0.2) is 30.3 Å². The molecule has 2 aromatic heterocycles. The number of amides is 1. The quantitative estimate of drug-likeness (QED) is 0.739. The third-order valence-electron chi connectivity index (χ3n) is 3.26. The van der Waals surface area contributed by atoms with Crippen LogP contribution in [0.5, 0.6) is 11.5 Å². The molecule has 0 spiro atoms. The number of thiophene rings is 1. The summed E-state index contributed by atoms with van der Waals surface area (Å²) in [4.78, 5) is 17.1. The van der Waals surface area contributed by atoms with Gasteiger partial charge in [-0.1, -0.05) is 17.3 Å². The molecule has 3 aromatic rings. The van der Waals surface area contributed by atoms with Gasteiger partial charge in [-0.3, -0.25) is 4.79 Å². The van der Waals surface area contributed by atoms with Gasteiger partial charge in [0.2, 0.25) is 5.82 Å². The number of carbonyl (C=O) groups is 1. The fourth-order valence-electron chi connectivity index (χ4n) is 2.07. The Morgan fingerprint density at radius 1 is 1.25 bits per heavy atom. The zero-order chi connectivity index (χ0) is 16.9. The Kier molecular flexibility index (Phi) is 4.76. The summed E-state index contributed by atoms with van der Waals surface area (Å²) in [5.41, 5.74) is 0.860. The lowest BCUT2D eigenvalue weighted by Crippen LogP contribution is -2.23. The molecule has 0 aliphatic carbocycles. The monoisotopic (exact) mass is 345 g/mol. The Labute approximate surface area is 142 Å². The van der Waals surface area contributed by atoms with Crippen LogP contribution in [0.3, 0.4) is 0 Å². The summed E-state index contributed by atoms with van der Waals surface area (Å²) < 4.78 is 15.4. The van der Waals surface area contributed by atoms with Crippen molar-refractivity contribution in [2.24, 2.45) is 0 Å². The molecular weight excluding hydrogens is 330 g/mol. The summed E-state index contributed by atoms with van der Waals surface area (Å²) in [6, 6.07) is 9.16. The lowest BCUT2D eigenvalue weighted by molar-refractivity contribution is 0.0907. The van der Waals surface area contributed by atoms with E-state index in [0.717, 1.165) is 10.4 Å². The van der Waals surface area contributed by atoms with Crippen LogP contribution in [0.15, 0.2) is 40.2 Å². The zero-order valence-electron chi connectivity index (χ0n) is 13.1. The van der Waals surface area contributed by atoms with Crippen molar-refractivity contribution in [2.75, 3.05) is 14.2 Å². The number of hydrogen-bond acceptors (Lipinski definition) is 7. The van der Waals surface area contributed by atoms with Gasteiger partial charge in [-0.25, -0.2) is 0 Å². The lowest BCUT2D eigenvalue weighted by atomic mass is 10.2. The fraction of sp³-hybridized carbons (Fsp3) is 0.188. The SMILES string of the molecule is COc1ccc(CNC(=O)c2nc(-c3cccs3)no2)cc1OC. The number of ether oxygens (including phenoxy) is 2. The number of aromatic nitrogens is 2. The molecule has 3 rings (SSSR count). The van der Waals surface area contributed by atoms with E-state index < -0.39 is 5.91 Å². The second-order valence-corrected chi connectivity index (χ2v) is 5.72. The molecular formula is C16H15N3O4S. The Morgan fingerprint density at radius 2 is 2.08 bits per heavy atom. The molecule has 0 bridgehead atoms. The first-order valence-corrected chi connectivity index (χ1v) is 7.96. The van der Waals surface area contributed by atoms with Crippen molar-refractivity contribution in [1.29, 1.82) is 0 Å². The predicted octanol–water partition coefficient (Wildman–Crippen LogP) is 2.75. The maximum atomic E-state index is 12.1. The number of methoxy groups -OCH3 is 2. The molecule has 1 amide bonds. The average molecular weight is 345 g/mol. The summed E-state index contributed by atoms with van der Waals surface area (Å²) in [5, 5.41) is 8.45. The number of benzene rings is 1. The van der Waals surface area contributed by atoms with Gasteiger partial charge >= 0.3 is 11.8 Å². The van der Waals surface area contributed by atoms with Crippen LogP contribution < -0.4 is 14.8 Å². The largest absolute Gasteiger partial charge is 0.493 e. The molecule has 2 heterocycles. The van der Waals surface area contributed by atoms with E-state index in [4.69, 9.17) is 14.0 Å². The van der Waals surface area contributed by atoms with E-state index in [9.17, 15) is 4.79 Å². The van der Waals surface area contributed by atoms with Crippen LogP contribution in [-0.2, 0) is 6.54 Å². The van der Waals surface area contributed by atoms with Gasteiger partial charge in [-0.2, -0.15) is 4.98 Å². The van der Waals surface area contributed by atoms with E-state index in [1.165, 1.54) is 11.3 Å². The third-order valence-corrected chi connectivity index (χ3v) is 4.13. The molecule has 8 heteroatoms. The second kappa shape index (κ2) is 7.14. The molecule has 0 radical (unpaired) electrons. The fourth-order valence-corrected chi connectivity index (χ4v) is 2.72. The zero-order valence-corrected chi connectivity index (χ0v) is 13.9. The van der Waals surface area contributed by atoms with Crippen LogP contribution in [0, 0.1) is 0 Å². The maximum Gasteiger partial charge on any atom is 0.316 e. The number of nitrogens with zero attached hydrogens (tertiary/aromatic N) is 2. The van der Waals surface area contributed by atoms with Crippen molar-refractivity contribution >= 4 is 17.2 Å². The smallest absolute Gasteiger partial charge is 0.316 e. The molecule has 0 unspecified atom stereocenters. The van der Waals surface area contributed by atoms with Crippen LogP contribution in [0.25, 0.3) is 10.7 Å². The van der Waals surface area contributed by atoms with Crippen LogP contribution in [0.1, 0.15) is 16.2 Å². The van der Waals surface area contributed by atoms with Crippen molar-refractivity contribution in [2.45, 2.75) is 6.54 Å². The van der Waals surface area contributed by atoms with E-state index in [1.54, 1.807) is 26.4 Å². The summed E-state index contributed by atoms with van der Waals surface area (Å²) in [6.45, 7) is 0.301. The normalized spacial score (nSPS) is 10.4. The molecule has 1 N–H and O–H groups in total. The minimum atomic E-state index is -0.430. The van der Waals surface area contributed by atoms with Gasteiger partial charge in [0.25, 0.3) is 0 Å². The van der Waals surface area contributed by atoms with Crippen molar-refractivity contribution in [3.8, 4) is 22.2 Å². The van der Waals surface area contributed by atoms with Crippen LogP contribution >= 0.6 is 11.3 Å². The van der Waals surface area contributed by atoms with Crippen molar-refractivity contribution in [3.63, 3.8) is 0 Å². The van der Waals surface area contributed by atoms with Crippen molar-refractivity contribution < 1.29 is 18.8 Å². The molecule has 0 fully saturated rings. The number of carbonyl (C=O) groups excluding carboxylic acids is 1. The predicted molar refractivity (Wildman–Crippen MR) is 88.3 cm³/mol. The minimum absolute atomic E-state index is 0.0705. The molecule has 7 nitrogen and oxygen atoms in total. The van der Waals surface area contributed by atoms with E-state index in [1.807, 2.05) is 23.6 Å². The average Bonchev–Trinajstić information content (AvgIpc) is 3.30. The van der Waals surface area contributed by atoms with E-state index in [2.05, 4.69) is 15.5 Å². The van der Waals surface area contributed by atoms with Gasteiger partial charge in [0, 0.05) is 6.54 Å². The first kappa shape index (κ1) is 16.0. The lowest BCUT2D eigenvalue weighted by Gasteiger charge is -2.09. The second-order valence-electron chi connectivity index (χ2n) is 4.77. The van der Waals surface area contributed by atoms with Gasteiger partial charge < -0.3 is 19.3 Å². The molecule has 24 heavy (non-hydrogen) atoms. The molecule has 0 atom stereocenters. The van der Waals surface area contributed by atoms with E-state index in [-0.39, 0.29) is 5.89 Å². The first-order chi connectivity index (χ1) is 11.7. The number of hydrogen-bond donors (Lipinski definition) is 1. The molecule has 1 aromatic carbocycles. The Balaban J connectivity index is 1.65. The van der Waals surface area contributed by atoms with Crippen molar-refractivity contribution in [3.05, 3.63) is 47.2 Å². The highest BCUT2D eigenvalue weighted by atomic mass is 32.1. The Hall–Kier alpha value is -2.87. The first-order valence-electron chi connectivity index (χ1n) is 7.08. The highest BCUT2D eigenvalue weighted by Gasteiger charge is 2.16. The summed E-state index contributed by atoms with van der Waals surface area (Å²) in [6.07, 6.45) is 0. The molecule has 124 valence electrons. The molecule has 0 aliphatic rings. The highest BCUT2D eigenvalue weighted by molar-refractivity contribution is 7.13. The standard InChI is InChI=1S/C16H15N3O4S/c1-21-11-6-5-10(8-12(11)22-2)9-17-15(20)16-18-14(19-23-16)13-4-3-7-24-13/h3-8H,9H2,1-2H3,(H,17,20). The van der Waals surface area contributed by atoms with E-state index >= 15 is 0 Å². The third kappa shape index (κ3) is 3.38. The summed E-state index contributed by atoms with van der Waals surface area (Å²) in [7, 11) is 3.13. The Bertz CT molecular complexity index is 830. The molecule has 0 saturated carbocycles. The Morgan fingerprint density at radius 3 is 2.79 bits per heavy atom. The molecule has 0 saturated heterocycles. The van der Waals surface area contributed by atoms with Gasteiger partial charge in [0.1, 0.15) is 0 Å². The minimum Gasteiger partial charge on any atom is -0.493 e. The van der Waals surface area contributed by atoms with Gasteiger partial charge in [-0.15, -0.1) is 11.3 Å². The van der Waals surface area contributed by atoms with Gasteiger partial charge in [-0.05, 0) is 29.1 Å². The molecule has 0 aliphatic heterocycles. The van der Waals surface area contributed by atoms with Crippen LogP contribution in [0.4, 0.5) is 0 Å². The van der Waals surface area contributed by atoms with Crippen molar-refractivity contribution in [1.82, 2.24) is 15.5 Å². The van der Waals surface area contributed by atoms with E-state index in [0.29, 0.717) is 23.9 Å². The van der Waals surface area contributed by atoms with Gasteiger partial charge in [0.15, 0.2) is 11.5 Å². The summed E-state index contributed by atoms with van der Waals surface area (Å²) >= 11 is 1.48. The number of rotatable bonds is 6. The van der Waals surface area contributed by atoms with Gasteiger partial charge in [0.05, 0.1) is 19.1 Å². The number of nitrogens with one attached hydrogen (secondary N) is 1.